The van der Waals surface area contributed by atoms with Crippen LogP contribution in [0.4, 0.5) is 0 Å². The van der Waals surface area contributed by atoms with Crippen LogP contribution >= 0.6 is 0 Å². The summed E-state index contributed by atoms with van der Waals surface area (Å²) in [6.45, 7) is 7.33. The normalized spacial score (nSPS) is 10.2. The number of hydrogen-bond donors (Lipinski definition) is 1. The average Bonchev–Trinajstić information content (AvgIpc) is 2.39. The smallest absolute Gasteiger partial charge is 0.220 e. The number of carbonyl (C=O) groups is 1. The summed E-state index contributed by atoms with van der Waals surface area (Å²) in [5, 5.41) is 2.85. The topological polar surface area (TPSA) is 38.3 Å². The summed E-state index contributed by atoms with van der Waals surface area (Å²) in [6.07, 6.45) is 2.39. The number of nitrogens with one attached hydrogen (secondary N) is 1. The van der Waals surface area contributed by atoms with E-state index in [1.54, 1.807) is 0 Å². The number of aryl methyl sites for hydroxylation is 1. The predicted molar refractivity (Wildman–Crippen MR) is 78.0 cm³/mol. The van der Waals surface area contributed by atoms with Crippen LogP contribution in [0.5, 0.6) is 0 Å². The zero-order valence-electron chi connectivity index (χ0n) is 11.7. The molecule has 0 fully saturated rings. The maximum Gasteiger partial charge on any atom is 0.220 e. The molecule has 0 heterocycles. The molecule has 3 nitrogen and oxygen atoms in total. The highest BCUT2D eigenvalue weighted by atomic mass is 16.5. The van der Waals surface area contributed by atoms with Gasteiger partial charge in [-0.2, -0.15) is 0 Å². The van der Waals surface area contributed by atoms with E-state index in [9.17, 15) is 4.79 Å². The molecule has 0 unspecified atom stereocenters. The summed E-state index contributed by atoms with van der Waals surface area (Å²) in [5.41, 5.74) is 2.27. The third kappa shape index (κ3) is 8.16. The second kappa shape index (κ2) is 9.34. The van der Waals surface area contributed by atoms with Crippen LogP contribution in [-0.4, -0.2) is 25.7 Å². The van der Waals surface area contributed by atoms with Crippen molar-refractivity contribution >= 4 is 5.91 Å². The molecular formula is C16H23NO2. The van der Waals surface area contributed by atoms with E-state index >= 15 is 0 Å². The van der Waals surface area contributed by atoms with Gasteiger partial charge in [-0.25, -0.2) is 0 Å². The molecule has 19 heavy (non-hydrogen) atoms. The van der Waals surface area contributed by atoms with Gasteiger partial charge in [-0.15, -0.1) is 0 Å². The van der Waals surface area contributed by atoms with E-state index in [2.05, 4.69) is 24.0 Å². The van der Waals surface area contributed by atoms with Crippen LogP contribution in [0, 0.1) is 0 Å². The molecular weight excluding hydrogens is 238 g/mol. The van der Waals surface area contributed by atoms with Gasteiger partial charge in [0.1, 0.15) is 0 Å². The van der Waals surface area contributed by atoms with Crippen LogP contribution in [0.1, 0.15) is 25.3 Å². The molecule has 0 bridgehead atoms. The molecule has 0 atom stereocenters. The van der Waals surface area contributed by atoms with E-state index < -0.39 is 0 Å². The minimum Gasteiger partial charge on any atom is -0.375 e. The molecule has 0 saturated carbocycles. The van der Waals surface area contributed by atoms with Gasteiger partial charge in [0, 0.05) is 13.0 Å². The molecule has 3 heteroatoms. The Kier molecular flexibility index (Phi) is 7.59. The number of benzene rings is 1. The molecule has 1 rings (SSSR count). The summed E-state index contributed by atoms with van der Waals surface area (Å²) in [5.74, 6) is 0.0925. The Morgan fingerprint density at radius 1 is 1.32 bits per heavy atom. The summed E-state index contributed by atoms with van der Waals surface area (Å²) in [6, 6.07) is 10.2. The molecule has 0 saturated heterocycles. The number of ether oxygens (including phenoxy) is 1. The number of amides is 1. The van der Waals surface area contributed by atoms with Gasteiger partial charge in [-0.05, 0) is 25.3 Å². The summed E-state index contributed by atoms with van der Waals surface area (Å²) in [7, 11) is 0. The van der Waals surface area contributed by atoms with E-state index in [4.69, 9.17) is 4.74 Å². The highest BCUT2D eigenvalue weighted by molar-refractivity contribution is 5.75. The van der Waals surface area contributed by atoms with Gasteiger partial charge in [-0.1, -0.05) is 42.5 Å². The van der Waals surface area contributed by atoms with Crippen LogP contribution in [0.3, 0.4) is 0 Å². The molecule has 1 N–H and O–H groups in total. The molecule has 0 aromatic heterocycles. The second-order valence-corrected chi connectivity index (χ2v) is 4.70. The van der Waals surface area contributed by atoms with E-state index in [1.807, 2.05) is 25.1 Å². The lowest BCUT2D eigenvalue weighted by Gasteiger charge is -2.06. The van der Waals surface area contributed by atoms with Crippen LogP contribution in [0.25, 0.3) is 0 Å². The SMILES string of the molecule is C=C(C)COCCNC(=O)CCCc1ccccc1. The molecule has 0 aliphatic rings. The van der Waals surface area contributed by atoms with Crippen molar-refractivity contribution in [1.29, 1.82) is 0 Å². The van der Waals surface area contributed by atoms with Gasteiger partial charge >= 0.3 is 0 Å². The fraction of sp³-hybridized carbons (Fsp3) is 0.438. The zero-order chi connectivity index (χ0) is 13.9. The van der Waals surface area contributed by atoms with E-state index in [0.717, 1.165) is 18.4 Å². The number of rotatable bonds is 9. The molecule has 1 aromatic carbocycles. The predicted octanol–water partition coefficient (Wildman–Crippen LogP) is 2.72. The lowest BCUT2D eigenvalue weighted by atomic mass is 10.1. The van der Waals surface area contributed by atoms with Gasteiger partial charge in [0.25, 0.3) is 0 Å². The highest BCUT2D eigenvalue weighted by Gasteiger charge is 2.01. The van der Waals surface area contributed by atoms with Crippen molar-refractivity contribution in [3.63, 3.8) is 0 Å². The van der Waals surface area contributed by atoms with E-state index in [0.29, 0.717) is 26.2 Å². The Morgan fingerprint density at radius 2 is 2.05 bits per heavy atom. The number of hydrogen-bond acceptors (Lipinski definition) is 2. The van der Waals surface area contributed by atoms with Crippen molar-refractivity contribution in [3.05, 3.63) is 48.0 Å². The van der Waals surface area contributed by atoms with Crippen molar-refractivity contribution in [2.45, 2.75) is 26.2 Å². The quantitative estimate of drug-likeness (QED) is 0.548. The summed E-state index contributed by atoms with van der Waals surface area (Å²) in [4.78, 5) is 11.5. The fourth-order valence-corrected chi connectivity index (χ4v) is 1.70. The lowest BCUT2D eigenvalue weighted by Crippen LogP contribution is -2.27. The van der Waals surface area contributed by atoms with Crippen LogP contribution in [-0.2, 0) is 16.0 Å². The number of carbonyl (C=O) groups excluding carboxylic acids is 1. The van der Waals surface area contributed by atoms with Gasteiger partial charge in [-0.3, -0.25) is 4.79 Å². The molecule has 0 spiro atoms. The van der Waals surface area contributed by atoms with Gasteiger partial charge in [0.15, 0.2) is 0 Å². The molecule has 1 amide bonds. The Balaban J connectivity index is 2.01. The maximum absolute atomic E-state index is 11.5. The van der Waals surface area contributed by atoms with Crippen LogP contribution in [0.2, 0.25) is 0 Å². The first-order valence-electron chi connectivity index (χ1n) is 6.71. The zero-order valence-corrected chi connectivity index (χ0v) is 11.7. The largest absolute Gasteiger partial charge is 0.375 e. The Labute approximate surface area is 115 Å². The minimum atomic E-state index is 0.0925. The Bertz CT molecular complexity index is 387. The van der Waals surface area contributed by atoms with Gasteiger partial charge < -0.3 is 10.1 Å². The fourth-order valence-electron chi connectivity index (χ4n) is 1.70. The molecule has 104 valence electrons. The van der Waals surface area contributed by atoms with Crippen molar-refractivity contribution in [1.82, 2.24) is 5.32 Å². The van der Waals surface area contributed by atoms with E-state index in [1.165, 1.54) is 5.56 Å². The van der Waals surface area contributed by atoms with Gasteiger partial charge in [0.05, 0.1) is 13.2 Å². The summed E-state index contributed by atoms with van der Waals surface area (Å²) < 4.78 is 5.31. The van der Waals surface area contributed by atoms with Crippen molar-refractivity contribution in [3.8, 4) is 0 Å². The lowest BCUT2D eigenvalue weighted by molar-refractivity contribution is -0.121. The standard InChI is InChI=1S/C16H23NO2/c1-14(2)13-19-12-11-17-16(18)10-6-9-15-7-4-3-5-8-15/h3-5,7-8H,1,6,9-13H2,2H3,(H,17,18). The maximum atomic E-state index is 11.5. The molecule has 0 aliphatic carbocycles. The van der Waals surface area contributed by atoms with Crippen LogP contribution in [0.15, 0.2) is 42.5 Å². The first kappa shape index (κ1) is 15.4. The van der Waals surface area contributed by atoms with Crippen LogP contribution < -0.4 is 5.32 Å². The van der Waals surface area contributed by atoms with E-state index in [-0.39, 0.29) is 5.91 Å². The minimum absolute atomic E-state index is 0.0925. The second-order valence-electron chi connectivity index (χ2n) is 4.70. The molecule has 0 aliphatic heterocycles. The monoisotopic (exact) mass is 261 g/mol. The Morgan fingerprint density at radius 3 is 2.74 bits per heavy atom. The van der Waals surface area contributed by atoms with Gasteiger partial charge in [0.2, 0.25) is 5.91 Å². The first-order valence-corrected chi connectivity index (χ1v) is 6.71. The van der Waals surface area contributed by atoms with Crippen molar-refractivity contribution < 1.29 is 9.53 Å². The summed E-state index contributed by atoms with van der Waals surface area (Å²) >= 11 is 0. The third-order valence-electron chi connectivity index (χ3n) is 2.63. The average molecular weight is 261 g/mol. The van der Waals surface area contributed by atoms with Crippen molar-refractivity contribution in [2.75, 3.05) is 19.8 Å². The molecule has 0 radical (unpaired) electrons. The molecule has 1 aromatic rings. The third-order valence-corrected chi connectivity index (χ3v) is 2.63. The Hall–Kier alpha value is -1.61. The van der Waals surface area contributed by atoms with Crippen molar-refractivity contribution in [2.24, 2.45) is 0 Å². The highest BCUT2D eigenvalue weighted by Crippen LogP contribution is 2.04. The first-order chi connectivity index (χ1) is 9.18.